The van der Waals surface area contributed by atoms with Gasteiger partial charge in [0.15, 0.2) is 0 Å². The summed E-state index contributed by atoms with van der Waals surface area (Å²) in [5, 5.41) is 14.8. The third-order valence-electron chi connectivity index (χ3n) is 5.56. The lowest BCUT2D eigenvalue weighted by Crippen LogP contribution is -2.56. The van der Waals surface area contributed by atoms with Crippen molar-refractivity contribution in [2.75, 3.05) is 13.1 Å². The summed E-state index contributed by atoms with van der Waals surface area (Å²) < 4.78 is 0. The Morgan fingerprint density at radius 2 is 1.91 bits per heavy atom. The number of aromatic amines is 1. The highest BCUT2D eigenvalue weighted by Gasteiger charge is 2.36. The van der Waals surface area contributed by atoms with Crippen LogP contribution in [0.5, 0.6) is 0 Å². The van der Waals surface area contributed by atoms with Gasteiger partial charge in [0.25, 0.3) is 0 Å². The molecule has 3 atom stereocenters. The summed E-state index contributed by atoms with van der Waals surface area (Å²) >= 11 is 0. The number of imidazole rings is 1. The predicted molar refractivity (Wildman–Crippen MR) is 118 cm³/mol. The second kappa shape index (κ2) is 11.2. The van der Waals surface area contributed by atoms with E-state index in [1.807, 2.05) is 30.3 Å². The van der Waals surface area contributed by atoms with Crippen molar-refractivity contribution >= 4 is 23.7 Å². The van der Waals surface area contributed by atoms with E-state index in [0.29, 0.717) is 25.1 Å². The Labute approximate surface area is 190 Å². The van der Waals surface area contributed by atoms with Crippen LogP contribution in [0.4, 0.5) is 0 Å². The fourth-order valence-corrected chi connectivity index (χ4v) is 3.87. The van der Waals surface area contributed by atoms with Crippen LogP contribution < -0.4 is 16.4 Å². The van der Waals surface area contributed by atoms with E-state index in [-0.39, 0.29) is 25.3 Å². The maximum atomic E-state index is 13.1. The molecule has 2 aromatic rings. The lowest BCUT2D eigenvalue weighted by molar-refractivity contribution is -0.142. The van der Waals surface area contributed by atoms with Crippen molar-refractivity contribution in [3.8, 4) is 0 Å². The van der Waals surface area contributed by atoms with Crippen LogP contribution in [0.15, 0.2) is 42.9 Å². The maximum Gasteiger partial charge on any atom is 0.326 e. The van der Waals surface area contributed by atoms with E-state index in [1.54, 1.807) is 0 Å². The predicted octanol–water partition coefficient (Wildman–Crippen LogP) is -0.801. The molecular formula is C22H28N6O5. The van der Waals surface area contributed by atoms with Crippen LogP contribution in [0.1, 0.15) is 24.1 Å². The highest BCUT2D eigenvalue weighted by atomic mass is 16.4. The number of hydrogen-bond acceptors (Lipinski definition) is 6. The summed E-state index contributed by atoms with van der Waals surface area (Å²) in [6.45, 7) is 0.223. The van der Waals surface area contributed by atoms with Crippen LogP contribution in [-0.2, 0) is 32.0 Å². The summed E-state index contributed by atoms with van der Waals surface area (Å²) in [6, 6.07) is 6.11. The van der Waals surface area contributed by atoms with Crippen molar-refractivity contribution in [1.82, 2.24) is 25.5 Å². The summed E-state index contributed by atoms with van der Waals surface area (Å²) in [6.07, 6.45) is 4.19. The molecule has 0 spiro atoms. The first-order valence-electron chi connectivity index (χ1n) is 10.7. The molecule has 1 saturated heterocycles. The molecule has 11 nitrogen and oxygen atoms in total. The second-order valence-corrected chi connectivity index (χ2v) is 7.88. The molecule has 1 aliphatic rings. The highest BCUT2D eigenvalue weighted by Crippen LogP contribution is 2.18. The third-order valence-corrected chi connectivity index (χ3v) is 5.56. The number of nitrogens with two attached hydrogens (primary N) is 1. The van der Waals surface area contributed by atoms with Crippen molar-refractivity contribution in [1.29, 1.82) is 0 Å². The van der Waals surface area contributed by atoms with Crippen LogP contribution in [0, 0.1) is 0 Å². The summed E-state index contributed by atoms with van der Waals surface area (Å²) in [5.41, 5.74) is 6.80. The Kier molecular flexibility index (Phi) is 8.14. The number of H-pyrrole nitrogens is 1. The number of nitrogens with one attached hydrogen (secondary N) is 3. The van der Waals surface area contributed by atoms with Gasteiger partial charge in [0, 0.05) is 31.3 Å². The number of rotatable bonds is 10. The number of carbonyl (C=O) groups excluding carboxylic acids is 3. The SMILES string of the molecule is NCC(=O)N1CCCC1C(=O)NC(Cc1ccccc1)C(=O)NC(Cc1cnc[nH]1)C(=O)O. The van der Waals surface area contributed by atoms with Gasteiger partial charge in [-0.3, -0.25) is 14.4 Å². The molecule has 0 radical (unpaired) electrons. The fraction of sp³-hybridized carbons (Fsp3) is 0.409. The van der Waals surface area contributed by atoms with Crippen LogP contribution in [0.25, 0.3) is 0 Å². The van der Waals surface area contributed by atoms with Crippen molar-refractivity contribution in [3.63, 3.8) is 0 Å². The maximum absolute atomic E-state index is 13.1. The summed E-state index contributed by atoms with van der Waals surface area (Å²) in [5.74, 6) is -2.64. The van der Waals surface area contributed by atoms with Gasteiger partial charge in [-0.25, -0.2) is 9.78 Å². The largest absolute Gasteiger partial charge is 0.480 e. The van der Waals surface area contributed by atoms with E-state index in [2.05, 4.69) is 20.6 Å². The smallest absolute Gasteiger partial charge is 0.326 e. The van der Waals surface area contributed by atoms with Crippen LogP contribution in [0.3, 0.4) is 0 Å². The monoisotopic (exact) mass is 456 g/mol. The van der Waals surface area contributed by atoms with Crippen molar-refractivity contribution < 1.29 is 24.3 Å². The van der Waals surface area contributed by atoms with E-state index >= 15 is 0 Å². The van der Waals surface area contributed by atoms with E-state index in [9.17, 15) is 24.3 Å². The first-order valence-corrected chi connectivity index (χ1v) is 10.7. The van der Waals surface area contributed by atoms with Crippen LogP contribution >= 0.6 is 0 Å². The zero-order valence-corrected chi connectivity index (χ0v) is 18.1. The number of hydrogen-bond donors (Lipinski definition) is 5. The molecule has 1 aliphatic heterocycles. The number of likely N-dealkylation sites (tertiary alicyclic amines) is 1. The quantitative estimate of drug-likeness (QED) is 0.311. The Bertz CT molecular complexity index is 965. The van der Waals surface area contributed by atoms with Gasteiger partial charge in [-0.1, -0.05) is 30.3 Å². The van der Waals surface area contributed by atoms with E-state index in [4.69, 9.17) is 5.73 Å². The number of benzene rings is 1. The lowest BCUT2D eigenvalue weighted by Gasteiger charge is -2.27. The Morgan fingerprint density at radius 1 is 1.15 bits per heavy atom. The van der Waals surface area contributed by atoms with Gasteiger partial charge in [0.2, 0.25) is 17.7 Å². The van der Waals surface area contributed by atoms with Crippen molar-refractivity contribution in [2.24, 2.45) is 5.73 Å². The molecule has 176 valence electrons. The average molecular weight is 457 g/mol. The van der Waals surface area contributed by atoms with E-state index in [0.717, 1.165) is 5.56 Å². The average Bonchev–Trinajstić information content (AvgIpc) is 3.50. The molecule has 1 fully saturated rings. The summed E-state index contributed by atoms with van der Waals surface area (Å²) in [7, 11) is 0. The molecule has 3 amide bonds. The number of amides is 3. The molecule has 3 rings (SSSR count). The van der Waals surface area contributed by atoms with Gasteiger partial charge in [0.1, 0.15) is 18.1 Å². The van der Waals surface area contributed by atoms with Gasteiger partial charge in [-0.2, -0.15) is 0 Å². The number of carbonyl (C=O) groups is 4. The van der Waals surface area contributed by atoms with E-state index in [1.165, 1.54) is 17.4 Å². The Balaban J connectivity index is 1.75. The first kappa shape index (κ1) is 23.9. The van der Waals surface area contributed by atoms with Gasteiger partial charge in [-0.05, 0) is 18.4 Å². The van der Waals surface area contributed by atoms with Gasteiger partial charge >= 0.3 is 5.97 Å². The van der Waals surface area contributed by atoms with Gasteiger partial charge in [0.05, 0.1) is 12.9 Å². The van der Waals surface area contributed by atoms with Crippen molar-refractivity contribution in [3.05, 3.63) is 54.1 Å². The minimum absolute atomic E-state index is 0.00841. The third kappa shape index (κ3) is 6.39. The molecular weight excluding hydrogens is 428 g/mol. The molecule has 1 aromatic carbocycles. The molecule has 11 heteroatoms. The molecule has 3 unspecified atom stereocenters. The Hall–Kier alpha value is -3.73. The Morgan fingerprint density at radius 3 is 2.55 bits per heavy atom. The number of aliphatic carboxylic acids is 1. The highest BCUT2D eigenvalue weighted by molar-refractivity contribution is 5.94. The fourth-order valence-electron chi connectivity index (χ4n) is 3.87. The molecule has 0 saturated carbocycles. The van der Waals surface area contributed by atoms with Gasteiger partial charge < -0.3 is 31.4 Å². The van der Waals surface area contributed by atoms with E-state index < -0.39 is 35.9 Å². The number of aromatic nitrogens is 2. The number of carboxylic acids is 1. The molecule has 0 bridgehead atoms. The molecule has 1 aromatic heterocycles. The zero-order valence-electron chi connectivity index (χ0n) is 18.1. The topological polar surface area (TPSA) is 171 Å². The second-order valence-electron chi connectivity index (χ2n) is 7.88. The minimum atomic E-state index is -1.21. The van der Waals surface area contributed by atoms with Crippen LogP contribution in [-0.4, -0.2) is 74.9 Å². The standard InChI is InChI=1S/C22H28N6O5/c23-11-19(29)28-8-4-7-18(28)21(31)26-16(9-14-5-2-1-3-6-14)20(30)27-17(22(32)33)10-15-12-24-13-25-15/h1-3,5-6,12-13,16-18H,4,7-11,23H2,(H,24,25)(H,26,31)(H,27,30)(H,32,33). The molecule has 33 heavy (non-hydrogen) atoms. The normalized spacial score (nSPS) is 17.2. The summed E-state index contributed by atoms with van der Waals surface area (Å²) in [4.78, 5) is 58.0. The minimum Gasteiger partial charge on any atom is -0.480 e. The molecule has 6 N–H and O–H groups in total. The number of nitrogens with zero attached hydrogens (tertiary/aromatic N) is 2. The van der Waals surface area contributed by atoms with Gasteiger partial charge in [-0.15, -0.1) is 0 Å². The first-order chi connectivity index (χ1) is 15.9. The molecule has 0 aliphatic carbocycles. The lowest BCUT2D eigenvalue weighted by atomic mass is 10.0. The number of carboxylic acid groups (broad SMARTS) is 1. The van der Waals surface area contributed by atoms with Crippen molar-refractivity contribution in [2.45, 2.75) is 43.8 Å². The van der Waals surface area contributed by atoms with Crippen LogP contribution in [0.2, 0.25) is 0 Å². The zero-order chi connectivity index (χ0) is 23.8. The molecule has 2 heterocycles.